The number of thiophene rings is 1. The maximum Gasteiger partial charge on any atom is 0.195 e. The molecule has 2 aromatic rings. The van der Waals surface area contributed by atoms with Gasteiger partial charge >= 0.3 is 0 Å². The topological polar surface area (TPSA) is 58.1 Å². The minimum absolute atomic E-state index is 0. The van der Waals surface area contributed by atoms with E-state index in [1.165, 1.54) is 4.88 Å². The largest absolute Gasteiger partial charge is 0.491 e. The molecule has 3 rings (SSSR count). The van der Waals surface area contributed by atoms with E-state index in [-0.39, 0.29) is 30.1 Å². The quantitative estimate of drug-likeness (QED) is 0.283. The molecule has 1 aromatic heterocycles. The fraction of sp³-hybridized carbons (Fsp3) is 0.500. The maximum absolute atomic E-state index is 5.72. The molecule has 1 aliphatic rings. The third-order valence-electron chi connectivity index (χ3n) is 4.52. The van der Waals surface area contributed by atoms with E-state index in [0.717, 1.165) is 69.8 Å². The Bertz CT molecular complexity index is 732. The third-order valence-corrected chi connectivity index (χ3v) is 5.46. The van der Waals surface area contributed by atoms with Crippen LogP contribution >= 0.6 is 35.3 Å². The number of hydrogen-bond donors (Lipinski definition) is 2. The molecule has 2 heterocycles. The Kier molecular flexibility index (Phi) is 11.5. The lowest BCUT2D eigenvalue weighted by atomic mass is 10.3. The van der Waals surface area contributed by atoms with Crippen LogP contribution in [0.3, 0.4) is 0 Å². The lowest BCUT2D eigenvalue weighted by Gasteiger charge is -2.25. The van der Waals surface area contributed by atoms with E-state index in [9.17, 15) is 0 Å². The van der Waals surface area contributed by atoms with Crippen LogP contribution in [0.25, 0.3) is 0 Å². The molecule has 0 saturated carbocycles. The van der Waals surface area contributed by atoms with E-state index in [4.69, 9.17) is 14.5 Å². The number of aliphatic imine (C=N–C) groups is 1. The molecule has 0 unspecified atom stereocenters. The van der Waals surface area contributed by atoms with Crippen LogP contribution in [0.4, 0.5) is 5.69 Å². The summed E-state index contributed by atoms with van der Waals surface area (Å²) in [5, 5.41) is 9.00. The number of morpholine rings is 1. The number of benzene rings is 1. The number of guanidine groups is 1. The van der Waals surface area contributed by atoms with E-state index in [1.54, 1.807) is 11.3 Å². The fourth-order valence-electron chi connectivity index (χ4n) is 3.05. The molecule has 0 radical (unpaired) electrons. The summed E-state index contributed by atoms with van der Waals surface area (Å²) in [6, 6.07) is 12.3. The summed E-state index contributed by atoms with van der Waals surface area (Å²) in [7, 11) is 0. The number of halogens is 1. The average molecular weight is 545 g/mol. The molecule has 1 aromatic carbocycles. The molecule has 166 valence electrons. The summed E-state index contributed by atoms with van der Waals surface area (Å²) in [4.78, 5) is 8.56. The van der Waals surface area contributed by atoms with Crippen molar-refractivity contribution in [2.45, 2.75) is 26.4 Å². The molecule has 0 spiro atoms. The molecule has 8 heteroatoms. The Labute approximate surface area is 201 Å². The summed E-state index contributed by atoms with van der Waals surface area (Å²) in [5.74, 6) is 1.69. The summed E-state index contributed by atoms with van der Waals surface area (Å²) in [6.07, 6.45) is 1.16. The van der Waals surface area contributed by atoms with E-state index in [0.29, 0.717) is 0 Å². The van der Waals surface area contributed by atoms with E-state index in [2.05, 4.69) is 33.0 Å². The highest BCUT2D eigenvalue weighted by atomic mass is 127. The molecule has 0 atom stereocenters. The van der Waals surface area contributed by atoms with Gasteiger partial charge in [0.2, 0.25) is 0 Å². The van der Waals surface area contributed by atoms with Crippen molar-refractivity contribution in [3.63, 3.8) is 0 Å². The van der Waals surface area contributed by atoms with Crippen LogP contribution in [0.2, 0.25) is 0 Å². The van der Waals surface area contributed by atoms with Crippen molar-refractivity contribution in [1.29, 1.82) is 0 Å². The molecular weight excluding hydrogens is 511 g/mol. The first kappa shape index (κ1) is 24.9. The van der Waals surface area contributed by atoms with Gasteiger partial charge in [0.1, 0.15) is 5.75 Å². The van der Waals surface area contributed by atoms with Gasteiger partial charge in [-0.1, -0.05) is 6.07 Å². The molecule has 1 saturated heterocycles. The Hall–Kier alpha value is -1.36. The zero-order valence-electron chi connectivity index (χ0n) is 17.8. The number of nitrogens with zero attached hydrogens (tertiary/aromatic N) is 2. The second-order valence-corrected chi connectivity index (χ2v) is 8.29. The van der Waals surface area contributed by atoms with Gasteiger partial charge in [0.15, 0.2) is 5.96 Å². The van der Waals surface area contributed by atoms with Crippen molar-refractivity contribution in [1.82, 2.24) is 10.2 Å². The number of hydrogen-bond acceptors (Lipinski definition) is 5. The monoisotopic (exact) mass is 544 g/mol. The Morgan fingerprint density at radius 3 is 2.63 bits per heavy atom. The second-order valence-electron chi connectivity index (χ2n) is 7.26. The van der Waals surface area contributed by atoms with Crippen molar-refractivity contribution < 1.29 is 9.47 Å². The molecule has 2 N–H and O–H groups in total. The minimum atomic E-state index is 0. The van der Waals surface area contributed by atoms with Crippen molar-refractivity contribution in [3.8, 4) is 5.75 Å². The lowest BCUT2D eigenvalue weighted by molar-refractivity contribution is 0.0394. The SMILES string of the molecule is CC(C)Oc1ccc(NC(=NCCN2CCOCC2)NCCc2cccs2)cc1.I. The van der Waals surface area contributed by atoms with Gasteiger partial charge in [-0.15, -0.1) is 35.3 Å². The van der Waals surface area contributed by atoms with E-state index in [1.807, 2.05) is 38.1 Å². The van der Waals surface area contributed by atoms with E-state index < -0.39 is 0 Å². The van der Waals surface area contributed by atoms with Crippen LogP contribution in [0.5, 0.6) is 5.75 Å². The van der Waals surface area contributed by atoms with Crippen molar-refractivity contribution in [2.24, 2.45) is 4.99 Å². The molecule has 1 aliphatic heterocycles. The predicted molar refractivity (Wildman–Crippen MR) is 137 cm³/mol. The van der Waals surface area contributed by atoms with Gasteiger partial charge in [-0.25, -0.2) is 0 Å². The van der Waals surface area contributed by atoms with Gasteiger partial charge < -0.3 is 20.1 Å². The van der Waals surface area contributed by atoms with Crippen LogP contribution < -0.4 is 15.4 Å². The highest BCUT2D eigenvalue weighted by Gasteiger charge is 2.09. The molecular formula is C22H33IN4O2S. The number of anilines is 1. The smallest absolute Gasteiger partial charge is 0.195 e. The normalized spacial score (nSPS) is 15.0. The summed E-state index contributed by atoms with van der Waals surface area (Å²) in [5.41, 5.74) is 0.995. The molecule has 30 heavy (non-hydrogen) atoms. The van der Waals surface area contributed by atoms with Crippen LogP contribution in [-0.4, -0.2) is 62.9 Å². The van der Waals surface area contributed by atoms with Gasteiger partial charge in [0.05, 0.1) is 25.9 Å². The first-order chi connectivity index (χ1) is 14.2. The zero-order valence-corrected chi connectivity index (χ0v) is 20.9. The van der Waals surface area contributed by atoms with Gasteiger partial charge in [0.25, 0.3) is 0 Å². The standard InChI is InChI=1S/C22H32N4O2S.HI/c1-18(2)28-20-7-5-19(6-8-20)25-22(23-10-9-21-4-3-17-29-21)24-11-12-26-13-15-27-16-14-26;/h3-8,17-18H,9-16H2,1-2H3,(H2,23,24,25);1H. The minimum Gasteiger partial charge on any atom is -0.491 e. The number of nitrogens with one attached hydrogen (secondary N) is 2. The highest BCUT2D eigenvalue weighted by Crippen LogP contribution is 2.17. The maximum atomic E-state index is 5.72. The Morgan fingerprint density at radius 1 is 1.20 bits per heavy atom. The van der Waals surface area contributed by atoms with Crippen LogP contribution in [0.1, 0.15) is 18.7 Å². The first-order valence-electron chi connectivity index (χ1n) is 10.3. The number of ether oxygens (including phenoxy) is 2. The van der Waals surface area contributed by atoms with Crippen LogP contribution in [0, 0.1) is 0 Å². The molecule has 1 fully saturated rings. The average Bonchev–Trinajstić information content (AvgIpc) is 3.23. The molecule has 0 amide bonds. The molecule has 0 aliphatic carbocycles. The van der Waals surface area contributed by atoms with Gasteiger partial charge in [0, 0.05) is 36.7 Å². The van der Waals surface area contributed by atoms with Gasteiger partial charge in [-0.05, 0) is 56.0 Å². The second kappa shape index (κ2) is 13.8. The fourth-order valence-corrected chi connectivity index (χ4v) is 3.76. The summed E-state index contributed by atoms with van der Waals surface area (Å²) in [6.45, 7) is 10.2. The third kappa shape index (κ3) is 9.20. The zero-order chi connectivity index (χ0) is 20.3. The number of rotatable bonds is 9. The van der Waals surface area contributed by atoms with Crippen molar-refractivity contribution in [3.05, 3.63) is 46.7 Å². The van der Waals surface area contributed by atoms with Crippen LogP contribution in [-0.2, 0) is 11.2 Å². The molecule has 0 bridgehead atoms. The summed E-state index contributed by atoms with van der Waals surface area (Å²) >= 11 is 1.79. The highest BCUT2D eigenvalue weighted by molar-refractivity contribution is 14.0. The predicted octanol–water partition coefficient (Wildman–Crippen LogP) is 4.09. The molecule has 6 nitrogen and oxygen atoms in total. The first-order valence-corrected chi connectivity index (χ1v) is 11.2. The van der Waals surface area contributed by atoms with Gasteiger partial charge in [-0.2, -0.15) is 0 Å². The van der Waals surface area contributed by atoms with Gasteiger partial charge in [-0.3, -0.25) is 9.89 Å². The Morgan fingerprint density at radius 2 is 1.97 bits per heavy atom. The summed E-state index contributed by atoms with van der Waals surface area (Å²) < 4.78 is 11.1. The Balaban J connectivity index is 0.00000320. The van der Waals surface area contributed by atoms with E-state index >= 15 is 0 Å². The van der Waals surface area contributed by atoms with Crippen molar-refractivity contribution in [2.75, 3.05) is 51.3 Å². The lowest BCUT2D eigenvalue weighted by Crippen LogP contribution is -2.38. The van der Waals surface area contributed by atoms with Crippen molar-refractivity contribution >= 4 is 47.0 Å². The van der Waals surface area contributed by atoms with Crippen LogP contribution in [0.15, 0.2) is 46.8 Å².